The van der Waals surface area contributed by atoms with Gasteiger partial charge in [-0.2, -0.15) is 0 Å². The van der Waals surface area contributed by atoms with Crippen molar-refractivity contribution in [2.75, 3.05) is 6.54 Å². The van der Waals surface area contributed by atoms with E-state index in [1.54, 1.807) is 0 Å². The van der Waals surface area contributed by atoms with Crippen molar-refractivity contribution in [1.82, 2.24) is 4.90 Å². The zero-order valence-corrected chi connectivity index (χ0v) is 11.6. The molecule has 17 heavy (non-hydrogen) atoms. The SMILES string of the molecule is NC1=NCC(c2cc(Br)ccc2Cl)N1C1CC1. The first-order valence-corrected chi connectivity index (χ1v) is 6.87. The Morgan fingerprint density at radius 3 is 2.88 bits per heavy atom. The highest BCUT2D eigenvalue weighted by Crippen LogP contribution is 2.39. The number of aliphatic imine (C=N–C) groups is 1. The van der Waals surface area contributed by atoms with Gasteiger partial charge in [0, 0.05) is 15.5 Å². The Morgan fingerprint density at radius 1 is 1.41 bits per heavy atom. The van der Waals surface area contributed by atoms with Crippen molar-refractivity contribution < 1.29 is 0 Å². The molecule has 5 heteroatoms. The maximum absolute atomic E-state index is 6.28. The molecule has 1 fully saturated rings. The highest BCUT2D eigenvalue weighted by atomic mass is 79.9. The van der Waals surface area contributed by atoms with Gasteiger partial charge in [-0.1, -0.05) is 27.5 Å². The molecule has 1 saturated carbocycles. The number of hydrogen-bond acceptors (Lipinski definition) is 3. The molecule has 3 nitrogen and oxygen atoms in total. The van der Waals surface area contributed by atoms with Gasteiger partial charge >= 0.3 is 0 Å². The van der Waals surface area contributed by atoms with E-state index < -0.39 is 0 Å². The molecule has 0 bridgehead atoms. The quantitative estimate of drug-likeness (QED) is 0.912. The minimum atomic E-state index is 0.201. The van der Waals surface area contributed by atoms with E-state index >= 15 is 0 Å². The number of nitrogens with zero attached hydrogens (tertiary/aromatic N) is 2. The summed E-state index contributed by atoms with van der Waals surface area (Å²) in [5, 5.41) is 0.786. The Bertz CT molecular complexity index is 485. The molecule has 1 aliphatic heterocycles. The predicted molar refractivity (Wildman–Crippen MR) is 73.2 cm³/mol. The number of benzene rings is 1. The molecule has 3 rings (SSSR count). The number of hydrogen-bond donors (Lipinski definition) is 1. The summed E-state index contributed by atoms with van der Waals surface area (Å²) in [5.41, 5.74) is 7.07. The summed E-state index contributed by atoms with van der Waals surface area (Å²) in [6.45, 7) is 0.707. The molecule has 90 valence electrons. The topological polar surface area (TPSA) is 41.6 Å². The lowest BCUT2D eigenvalue weighted by atomic mass is 10.1. The molecule has 0 saturated heterocycles. The van der Waals surface area contributed by atoms with E-state index in [0.717, 1.165) is 15.1 Å². The van der Waals surface area contributed by atoms with Gasteiger partial charge in [-0.15, -0.1) is 0 Å². The van der Waals surface area contributed by atoms with Crippen molar-refractivity contribution in [1.29, 1.82) is 0 Å². The minimum Gasteiger partial charge on any atom is -0.370 e. The predicted octanol–water partition coefficient (Wildman–Crippen LogP) is 2.94. The highest BCUT2D eigenvalue weighted by molar-refractivity contribution is 9.10. The summed E-state index contributed by atoms with van der Waals surface area (Å²) in [5.74, 6) is 0.661. The molecular weight excluding hydrogens is 302 g/mol. The molecule has 0 radical (unpaired) electrons. The molecule has 1 aliphatic carbocycles. The Morgan fingerprint density at radius 2 is 2.18 bits per heavy atom. The van der Waals surface area contributed by atoms with Crippen LogP contribution in [0.3, 0.4) is 0 Å². The summed E-state index contributed by atoms with van der Waals surface area (Å²) in [6, 6.07) is 6.69. The molecular formula is C12H13BrClN3. The van der Waals surface area contributed by atoms with Gasteiger partial charge in [0.25, 0.3) is 0 Å². The van der Waals surface area contributed by atoms with Crippen LogP contribution in [0.1, 0.15) is 24.4 Å². The van der Waals surface area contributed by atoms with Crippen LogP contribution in [0, 0.1) is 0 Å². The largest absolute Gasteiger partial charge is 0.370 e. The van der Waals surface area contributed by atoms with Gasteiger partial charge in [-0.3, -0.25) is 4.99 Å². The molecule has 0 spiro atoms. The fourth-order valence-electron chi connectivity index (χ4n) is 2.32. The first kappa shape index (κ1) is 11.4. The van der Waals surface area contributed by atoms with E-state index in [1.165, 1.54) is 12.8 Å². The molecule has 1 aromatic carbocycles. The Hall–Kier alpha value is -0.740. The standard InChI is InChI=1S/C12H13BrClN3/c13-7-1-4-10(14)9(5-7)11-6-16-12(15)17(11)8-2-3-8/h1,4-5,8,11H,2-3,6H2,(H2,15,16). The average molecular weight is 315 g/mol. The molecule has 2 N–H and O–H groups in total. The van der Waals surface area contributed by atoms with Crippen LogP contribution < -0.4 is 5.73 Å². The van der Waals surface area contributed by atoms with Gasteiger partial charge in [0.05, 0.1) is 12.6 Å². The normalized spacial score (nSPS) is 24.0. The van der Waals surface area contributed by atoms with Crippen LogP contribution in [0.25, 0.3) is 0 Å². The molecule has 1 heterocycles. The monoisotopic (exact) mass is 313 g/mol. The van der Waals surface area contributed by atoms with Gasteiger partial charge in [0.1, 0.15) is 0 Å². The molecule has 0 amide bonds. The summed E-state index contributed by atoms with van der Waals surface area (Å²) >= 11 is 9.76. The van der Waals surface area contributed by atoms with E-state index in [-0.39, 0.29) is 6.04 Å². The van der Waals surface area contributed by atoms with Crippen LogP contribution in [-0.4, -0.2) is 23.4 Å². The van der Waals surface area contributed by atoms with Crippen molar-refractivity contribution in [3.8, 4) is 0 Å². The van der Waals surface area contributed by atoms with Crippen molar-refractivity contribution in [2.45, 2.75) is 24.9 Å². The van der Waals surface area contributed by atoms with Crippen LogP contribution in [0.4, 0.5) is 0 Å². The summed E-state index contributed by atoms with van der Waals surface area (Å²) in [6.07, 6.45) is 2.41. The molecule has 0 aromatic heterocycles. The second-order valence-electron chi connectivity index (χ2n) is 4.52. The lowest BCUT2D eigenvalue weighted by Gasteiger charge is -2.27. The third kappa shape index (κ3) is 2.04. The first-order valence-electron chi connectivity index (χ1n) is 5.70. The highest BCUT2D eigenvalue weighted by Gasteiger charge is 2.39. The van der Waals surface area contributed by atoms with E-state index in [1.807, 2.05) is 12.1 Å². The number of guanidine groups is 1. The van der Waals surface area contributed by atoms with E-state index in [4.69, 9.17) is 17.3 Å². The first-order chi connectivity index (χ1) is 8.16. The van der Waals surface area contributed by atoms with Crippen LogP contribution in [0.15, 0.2) is 27.7 Å². The van der Waals surface area contributed by atoms with Crippen LogP contribution in [0.5, 0.6) is 0 Å². The van der Waals surface area contributed by atoms with Gasteiger partial charge in [-0.05, 0) is 36.6 Å². The fourth-order valence-corrected chi connectivity index (χ4v) is 2.94. The average Bonchev–Trinajstić information content (AvgIpc) is 3.06. The minimum absolute atomic E-state index is 0.201. The second kappa shape index (κ2) is 4.18. The van der Waals surface area contributed by atoms with E-state index in [0.29, 0.717) is 18.5 Å². The fraction of sp³-hybridized carbons (Fsp3) is 0.417. The lowest BCUT2D eigenvalue weighted by Crippen LogP contribution is -2.37. The smallest absolute Gasteiger partial charge is 0.192 e. The Labute approximate surface area is 114 Å². The molecule has 1 aromatic rings. The van der Waals surface area contributed by atoms with E-state index in [9.17, 15) is 0 Å². The second-order valence-corrected chi connectivity index (χ2v) is 5.84. The van der Waals surface area contributed by atoms with Crippen molar-refractivity contribution >= 4 is 33.5 Å². The number of rotatable bonds is 2. The van der Waals surface area contributed by atoms with Crippen molar-refractivity contribution in [3.05, 3.63) is 33.3 Å². The Balaban J connectivity index is 1.96. The van der Waals surface area contributed by atoms with Crippen molar-refractivity contribution in [3.63, 3.8) is 0 Å². The van der Waals surface area contributed by atoms with Gasteiger partial charge in [0.15, 0.2) is 5.96 Å². The number of halogens is 2. The molecule has 1 atom stereocenters. The Kier molecular flexibility index (Phi) is 2.79. The third-order valence-corrected chi connectivity index (χ3v) is 4.12. The maximum atomic E-state index is 6.28. The van der Waals surface area contributed by atoms with Gasteiger partial charge in [-0.25, -0.2) is 0 Å². The molecule has 2 aliphatic rings. The lowest BCUT2D eigenvalue weighted by molar-refractivity contribution is 0.338. The summed E-state index contributed by atoms with van der Waals surface area (Å²) < 4.78 is 1.04. The van der Waals surface area contributed by atoms with Gasteiger partial charge in [0.2, 0.25) is 0 Å². The zero-order chi connectivity index (χ0) is 12.0. The van der Waals surface area contributed by atoms with E-state index in [2.05, 4.69) is 31.9 Å². The molecule has 1 unspecified atom stereocenters. The summed E-state index contributed by atoms with van der Waals surface area (Å²) in [4.78, 5) is 6.57. The van der Waals surface area contributed by atoms with Crippen molar-refractivity contribution in [2.24, 2.45) is 10.7 Å². The third-order valence-electron chi connectivity index (χ3n) is 3.28. The zero-order valence-electron chi connectivity index (χ0n) is 9.24. The van der Waals surface area contributed by atoms with Crippen LogP contribution >= 0.6 is 27.5 Å². The summed E-state index contributed by atoms with van der Waals surface area (Å²) in [7, 11) is 0. The van der Waals surface area contributed by atoms with Crippen LogP contribution in [0.2, 0.25) is 5.02 Å². The maximum Gasteiger partial charge on any atom is 0.192 e. The van der Waals surface area contributed by atoms with Crippen LogP contribution in [-0.2, 0) is 0 Å². The van der Waals surface area contributed by atoms with Gasteiger partial charge < -0.3 is 10.6 Å². The number of nitrogens with two attached hydrogens (primary N) is 1.